The van der Waals surface area contributed by atoms with Gasteiger partial charge < -0.3 is 10.3 Å². The molecule has 0 amide bonds. The molecule has 0 unspecified atom stereocenters. The molecular weight excluding hydrogens is 226 g/mol. The molecule has 0 aliphatic rings. The zero-order chi connectivity index (χ0) is 13.2. The molecule has 2 N–H and O–H groups in total. The van der Waals surface area contributed by atoms with E-state index in [4.69, 9.17) is 10.3 Å². The van der Waals surface area contributed by atoms with Crippen LogP contribution in [0.1, 0.15) is 38.6 Å². The van der Waals surface area contributed by atoms with E-state index in [9.17, 15) is 0 Å². The number of benzene rings is 1. The van der Waals surface area contributed by atoms with Gasteiger partial charge >= 0.3 is 0 Å². The maximum Gasteiger partial charge on any atom is 0.232 e. The van der Waals surface area contributed by atoms with Gasteiger partial charge in [0.15, 0.2) is 0 Å². The summed E-state index contributed by atoms with van der Waals surface area (Å²) < 4.78 is 5.35. The van der Waals surface area contributed by atoms with E-state index >= 15 is 0 Å². The molecular formula is C14H19N3O. The zero-order valence-corrected chi connectivity index (χ0v) is 11.1. The molecule has 0 bridgehead atoms. The summed E-state index contributed by atoms with van der Waals surface area (Å²) in [7, 11) is 0. The molecule has 0 spiro atoms. The maximum absolute atomic E-state index is 5.57. The second kappa shape index (κ2) is 4.90. The monoisotopic (exact) mass is 245 g/mol. The van der Waals surface area contributed by atoms with Crippen LogP contribution in [0.15, 0.2) is 28.8 Å². The highest BCUT2D eigenvalue weighted by molar-refractivity contribution is 5.54. The molecule has 2 aromatic rings. The Morgan fingerprint density at radius 1 is 1.22 bits per heavy atom. The molecule has 1 aromatic heterocycles. The van der Waals surface area contributed by atoms with Crippen molar-refractivity contribution in [3.05, 3.63) is 35.7 Å². The van der Waals surface area contributed by atoms with Crippen molar-refractivity contribution in [3.8, 4) is 11.4 Å². The van der Waals surface area contributed by atoms with E-state index in [1.165, 1.54) is 0 Å². The van der Waals surface area contributed by atoms with Gasteiger partial charge in [0.05, 0.1) is 0 Å². The van der Waals surface area contributed by atoms with Crippen molar-refractivity contribution in [2.45, 2.75) is 39.2 Å². The Bertz CT molecular complexity index is 514. The summed E-state index contributed by atoms with van der Waals surface area (Å²) in [5.41, 5.74) is 7.53. The van der Waals surface area contributed by atoms with Crippen molar-refractivity contribution in [3.63, 3.8) is 0 Å². The fraction of sp³-hybridized carbons (Fsp3) is 0.429. The average molecular weight is 245 g/mol. The van der Waals surface area contributed by atoms with E-state index in [2.05, 4.69) is 30.9 Å². The molecule has 0 atom stereocenters. The molecule has 18 heavy (non-hydrogen) atoms. The molecule has 0 saturated heterocycles. The Morgan fingerprint density at radius 2 is 1.89 bits per heavy atom. The lowest BCUT2D eigenvalue weighted by molar-refractivity contribution is 0.302. The first-order valence-electron chi connectivity index (χ1n) is 6.20. The topological polar surface area (TPSA) is 64.9 Å². The molecule has 0 aliphatic heterocycles. The van der Waals surface area contributed by atoms with E-state index in [0.29, 0.717) is 18.3 Å². The van der Waals surface area contributed by atoms with Gasteiger partial charge in [-0.1, -0.05) is 50.2 Å². The van der Waals surface area contributed by atoms with Gasteiger partial charge in [-0.25, -0.2) is 0 Å². The van der Waals surface area contributed by atoms with Crippen LogP contribution in [0.2, 0.25) is 0 Å². The van der Waals surface area contributed by atoms with E-state index in [1.54, 1.807) is 0 Å². The molecule has 96 valence electrons. The number of nitrogens with two attached hydrogens (primary N) is 1. The van der Waals surface area contributed by atoms with Crippen LogP contribution in [-0.2, 0) is 12.0 Å². The number of nitrogens with zero attached hydrogens (tertiary/aromatic N) is 2. The lowest BCUT2D eigenvalue weighted by Crippen LogP contribution is -2.15. The minimum absolute atomic E-state index is 0.0809. The normalized spacial score (nSPS) is 11.8. The molecule has 1 aromatic carbocycles. The van der Waals surface area contributed by atoms with Gasteiger partial charge in [0.2, 0.25) is 11.7 Å². The second-order valence-corrected chi connectivity index (χ2v) is 5.06. The predicted molar refractivity (Wildman–Crippen MR) is 70.9 cm³/mol. The summed E-state index contributed by atoms with van der Waals surface area (Å²) in [6, 6.07) is 7.90. The Hall–Kier alpha value is -1.68. The van der Waals surface area contributed by atoms with Crippen LogP contribution in [-0.4, -0.2) is 10.1 Å². The number of rotatable bonds is 4. The van der Waals surface area contributed by atoms with Crippen LogP contribution >= 0.6 is 0 Å². The van der Waals surface area contributed by atoms with Gasteiger partial charge in [0.25, 0.3) is 0 Å². The first-order valence-corrected chi connectivity index (χ1v) is 6.20. The molecule has 1 heterocycles. The van der Waals surface area contributed by atoms with E-state index < -0.39 is 0 Å². The van der Waals surface area contributed by atoms with Crippen LogP contribution < -0.4 is 5.73 Å². The highest BCUT2D eigenvalue weighted by Gasteiger charge is 2.25. The van der Waals surface area contributed by atoms with E-state index in [1.807, 2.05) is 24.3 Å². The number of hydrogen-bond acceptors (Lipinski definition) is 4. The van der Waals surface area contributed by atoms with Crippen molar-refractivity contribution >= 4 is 0 Å². The zero-order valence-electron chi connectivity index (χ0n) is 11.1. The maximum atomic E-state index is 5.57. The predicted octanol–water partition coefficient (Wildman–Crippen LogP) is 2.88. The van der Waals surface area contributed by atoms with Crippen molar-refractivity contribution in [2.24, 2.45) is 5.73 Å². The van der Waals surface area contributed by atoms with Gasteiger partial charge in [-0.3, -0.25) is 0 Å². The number of aromatic nitrogens is 2. The van der Waals surface area contributed by atoms with Gasteiger partial charge in [-0.15, -0.1) is 0 Å². The highest BCUT2D eigenvalue weighted by atomic mass is 16.5. The number of hydrogen-bond donors (Lipinski definition) is 1. The largest absolute Gasteiger partial charge is 0.338 e. The second-order valence-electron chi connectivity index (χ2n) is 5.06. The Balaban J connectivity index is 2.29. The SMILES string of the molecule is CCC(C)(C)c1nc(-c2ccc(CN)cc2)no1. The Morgan fingerprint density at radius 3 is 2.44 bits per heavy atom. The quantitative estimate of drug-likeness (QED) is 0.899. The summed E-state index contributed by atoms with van der Waals surface area (Å²) >= 11 is 0. The van der Waals surface area contributed by atoms with Gasteiger partial charge in [0, 0.05) is 17.5 Å². The molecule has 0 fully saturated rings. The van der Waals surface area contributed by atoms with Crippen LogP contribution in [0.5, 0.6) is 0 Å². The van der Waals surface area contributed by atoms with Gasteiger partial charge in [-0.2, -0.15) is 4.98 Å². The first-order chi connectivity index (χ1) is 8.56. The van der Waals surface area contributed by atoms with Crippen LogP contribution in [0.25, 0.3) is 11.4 Å². The van der Waals surface area contributed by atoms with Crippen molar-refractivity contribution in [2.75, 3.05) is 0 Å². The molecule has 4 heteroatoms. The third kappa shape index (κ3) is 2.43. The lowest BCUT2D eigenvalue weighted by atomic mass is 9.90. The molecule has 0 saturated carbocycles. The average Bonchev–Trinajstić information content (AvgIpc) is 2.89. The third-order valence-corrected chi connectivity index (χ3v) is 3.34. The van der Waals surface area contributed by atoms with E-state index in [-0.39, 0.29) is 5.41 Å². The summed E-state index contributed by atoms with van der Waals surface area (Å²) in [5.74, 6) is 1.32. The van der Waals surface area contributed by atoms with E-state index in [0.717, 1.165) is 17.5 Å². The standard InChI is InChI=1S/C14H19N3O/c1-4-14(2,3)13-16-12(17-18-13)11-7-5-10(9-15)6-8-11/h5-8H,4,9,15H2,1-3H3. The van der Waals surface area contributed by atoms with Crippen molar-refractivity contribution < 1.29 is 4.52 Å². The van der Waals surface area contributed by atoms with Crippen molar-refractivity contribution in [1.29, 1.82) is 0 Å². The highest BCUT2D eigenvalue weighted by Crippen LogP contribution is 2.27. The van der Waals surface area contributed by atoms with Gasteiger partial charge in [-0.05, 0) is 12.0 Å². The Labute approximate surface area is 107 Å². The fourth-order valence-corrected chi connectivity index (χ4v) is 1.56. The smallest absolute Gasteiger partial charge is 0.232 e. The summed E-state index contributed by atoms with van der Waals surface area (Å²) in [6.07, 6.45) is 0.959. The molecule has 0 aliphatic carbocycles. The third-order valence-electron chi connectivity index (χ3n) is 3.34. The minimum Gasteiger partial charge on any atom is -0.338 e. The van der Waals surface area contributed by atoms with Gasteiger partial charge in [0.1, 0.15) is 0 Å². The van der Waals surface area contributed by atoms with Crippen molar-refractivity contribution in [1.82, 2.24) is 10.1 Å². The molecule has 4 nitrogen and oxygen atoms in total. The molecule has 0 radical (unpaired) electrons. The van der Waals surface area contributed by atoms with Crippen LogP contribution in [0, 0.1) is 0 Å². The Kier molecular flexibility index (Phi) is 3.48. The minimum atomic E-state index is -0.0809. The summed E-state index contributed by atoms with van der Waals surface area (Å²) in [5, 5.41) is 4.04. The lowest BCUT2D eigenvalue weighted by Gasteiger charge is -2.15. The first kappa shape index (κ1) is 12.8. The van der Waals surface area contributed by atoms with Crippen LogP contribution in [0.3, 0.4) is 0 Å². The summed E-state index contributed by atoms with van der Waals surface area (Å²) in [6.45, 7) is 6.85. The fourth-order valence-electron chi connectivity index (χ4n) is 1.56. The van der Waals surface area contributed by atoms with Crippen LogP contribution in [0.4, 0.5) is 0 Å². The molecule has 2 rings (SSSR count). The summed E-state index contributed by atoms with van der Waals surface area (Å²) in [4.78, 5) is 4.47.